The molecule has 1 saturated heterocycles. The molecule has 29 heavy (non-hydrogen) atoms. The van der Waals surface area contributed by atoms with Crippen LogP contribution in [-0.4, -0.2) is 49.9 Å². The second-order valence-electron chi connectivity index (χ2n) is 6.81. The molecule has 8 heteroatoms. The van der Waals surface area contributed by atoms with Crippen LogP contribution in [0.5, 0.6) is 5.75 Å². The van der Waals surface area contributed by atoms with E-state index in [-0.39, 0.29) is 11.9 Å². The summed E-state index contributed by atoms with van der Waals surface area (Å²) in [6.45, 7) is 5.39. The number of carbonyl (C=O) groups excluding carboxylic acids is 1. The Hall–Kier alpha value is -1.96. The van der Waals surface area contributed by atoms with E-state index in [9.17, 15) is 4.79 Å². The van der Waals surface area contributed by atoms with Gasteiger partial charge in [0, 0.05) is 29.9 Å². The van der Waals surface area contributed by atoms with Gasteiger partial charge in [-0.05, 0) is 44.9 Å². The zero-order chi connectivity index (χ0) is 21.0. The molecule has 0 spiro atoms. The molecule has 2 heterocycles. The van der Waals surface area contributed by atoms with Crippen LogP contribution in [0.2, 0.25) is 5.02 Å². The third-order valence-corrected chi connectivity index (χ3v) is 6.43. The van der Waals surface area contributed by atoms with Crippen LogP contribution < -0.4 is 4.74 Å². The predicted molar refractivity (Wildman–Crippen MR) is 117 cm³/mol. The van der Waals surface area contributed by atoms with Gasteiger partial charge >= 0.3 is 0 Å². The van der Waals surface area contributed by atoms with Crippen molar-refractivity contribution in [1.29, 1.82) is 0 Å². The van der Waals surface area contributed by atoms with Gasteiger partial charge in [-0.1, -0.05) is 28.5 Å². The molecule has 156 valence electrons. The number of halogens is 1. The average molecular weight is 437 g/mol. The van der Waals surface area contributed by atoms with Crippen molar-refractivity contribution in [2.45, 2.75) is 32.8 Å². The Labute approximate surface area is 180 Å². The highest BCUT2D eigenvalue weighted by atomic mass is 35.5. The second-order valence-corrected chi connectivity index (χ2v) is 8.28. The lowest BCUT2D eigenvalue weighted by Crippen LogP contribution is -2.28. The van der Waals surface area contributed by atoms with Crippen molar-refractivity contribution in [2.24, 2.45) is 5.16 Å². The maximum atomic E-state index is 13.1. The zero-order valence-electron chi connectivity index (χ0n) is 17.0. The monoisotopic (exact) mass is 436 g/mol. The van der Waals surface area contributed by atoms with Gasteiger partial charge in [0.05, 0.1) is 34.4 Å². The lowest BCUT2D eigenvalue weighted by atomic mass is 10.1. The molecule has 2 aliphatic rings. The third-order valence-electron chi connectivity index (χ3n) is 4.85. The molecule has 0 aromatic heterocycles. The molecule has 0 bridgehead atoms. The van der Waals surface area contributed by atoms with E-state index >= 15 is 0 Å². The van der Waals surface area contributed by atoms with Crippen molar-refractivity contribution in [1.82, 2.24) is 4.90 Å². The molecule has 6 nitrogen and oxygen atoms in total. The van der Waals surface area contributed by atoms with Crippen LogP contribution >= 0.6 is 23.4 Å². The van der Waals surface area contributed by atoms with Crippen molar-refractivity contribution in [3.63, 3.8) is 0 Å². The number of benzene rings is 1. The fourth-order valence-corrected chi connectivity index (χ4v) is 4.74. The molecule has 1 fully saturated rings. The molecule has 0 saturated carbocycles. The largest absolute Gasteiger partial charge is 0.496 e. The normalized spacial score (nSPS) is 21.3. The van der Waals surface area contributed by atoms with Crippen molar-refractivity contribution in [3.05, 3.63) is 50.5 Å². The standard InChI is InChI=1S/C21H25ClN2O4S/c1-13(23-27-4)21-14(2)24(12-16-6-5-9-28-16)20(29-21)11-18(25)17-10-15(22)7-8-19(17)26-3/h7-8,10-11,16H,5-6,9,12H2,1-4H3/b20-11?,23-13+. The Morgan fingerprint density at radius 3 is 2.90 bits per heavy atom. The van der Waals surface area contributed by atoms with Crippen LogP contribution in [0.3, 0.4) is 0 Å². The quantitative estimate of drug-likeness (QED) is 0.263. The van der Waals surface area contributed by atoms with Gasteiger partial charge in [-0.2, -0.15) is 0 Å². The highest BCUT2D eigenvalue weighted by Crippen LogP contribution is 2.42. The number of methoxy groups -OCH3 is 1. The first-order chi connectivity index (χ1) is 13.9. The highest BCUT2D eigenvalue weighted by molar-refractivity contribution is 8.07. The minimum absolute atomic E-state index is 0.142. The van der Waals surface area contributed by atoms with Crippen LogP contribution in [0, 0.1) is 0 Å². The van der Waals surface area contributed by atoms with Gasteiger partial charge in [-0.15, -0.1) is 0 Å². The van der Waals surface area contributed by atoms with E-state index in [0.29, 0.717) is 22.9 Å². The number of oxime groups is 1. The molecule has 0 N–H and O–H groups in total. The van der Waals surface area contributed by atoms with Gasteiger partial charge in [0.25, 0.3) is 0 Å². The van der Waals surface area contributed by atoms with Gasteiger partial charge in [-0.25, -0.2) is 0 Å². The van der Waals surface area contributed by atoms with E-state index in [0.717, 1.165) is 40.8 Å². The number of hydrogen-bond acceptors (Lipinski definition) is 7. The van der Waals surface area contributed by atoms with Crippen LogP contribution in [0.4, 0.5) is 0 Å². The molecular formula is C21H25ClN2O4S. The van der Waals surface area contributed by atoms with Crippen LogP contribution in [-0.2, 0) is 9.57 Å². The van der Waals surface area contributed by atoms with Gasteiger partial charge in [-0.3, -0.25) is 4.79 Å². The predicted octanol–water partition coefficient (Wildman–Crippen LogP) is 4.85. The zero-order valence-corrected chi connectivity index (χ0v) is 18.6. The molecule has 0 amide bonds. The minimum atomic E-state index is -0.167. The first-order valence-corrected chi connectivity index (χ1v) is 10.6. The Balaban J connectivity index is 1.94. The molecule has 3 rings (SSSR count). The number of ketones is 1. The molecule has 2 aliphatic heterocycles. The number of rotatable bonds is 7. The maximum absolute atomic E-state index is 13.1. The first kappa shape index (κ1) is 21.7. The Bertz CT molecular complexity index is 875. The highest BCUT2D eigenvalue weighted by Gasteiger charge is 2.31. The molecular weight excluding hydrogens is 412 g/mol. The number of nitrogens with zero attached hydrogens (tertiary/aromatic N) is 2. The van der Waals surface area contributed by atoms with Gasteiger partial charge < -0.3 is 19.2 Å². The summed E-state index contributed by atoms with van der Waals surface area (Å²) in [5.41, 5.74) is 2.22. The summed E-state index contributed by atoms with van der Waals surface area (Å²) in [5, 5.41) is 5.38. The van der Waals surface area contributed by atoms with E-state index in [1.54, 1.807) is 24.3 Å². The first-order valence-electron chi connectivity index (χ1n) is 9.40. The molecule has 1 aromatic rings. The van der Waals surface area contributed by atoms with Crippen LogP contribution in [0.25, 0.3) is 0 Å². The van der Waals surface area contributed by atoms with Gasteiger partial charge in [0.15, 0.2) is 5.78 Å². The van der Waals surface area contributed by atoms with Gasteiger partial charge in [0.1, 0.15) is 12.9 Å². The molecule has 0 radical (unpaired) electrons. The fraction of sp³-hybridized carbons (Fsp3) is 0.429. The summed E-state index contributed by atoms with van der Waals surface area (Å²) in [5.74, 6) is 0.325. The van der Waals surface area contributed by atoms with E-state index in [1.165, 1.54) is 26.0 Å². The smallest absolute Gasteiger partial charge is 0.192 e. The summed E-state index contributed by atoms with van der Waals surface area (Å²) in [4.78, 5) is 21.1. The van der Waals surface area contributed by atoms with E-state index in [2.05, 4.69) is 10.1 Å². The lowest BCUT2D eigenvalue weighted by Gasteiger charge is -2.24. The Morgan fingerprint density at radius 2 is 2.24 bits per heavy atom. The van der Waals surface area contributed by atoms with Crippen molar-refractivity contribution >= 4 is 34.9 Å². The number of allylic oxidation sites excluding steroid dienone is 3. The summed E-state index contributed by atoms with van der Waals surface area (Å²) in [6.07, 6.45) is 3.84. The maximum Gasteiger partial charge on any atom is 0.192 e. The summed E-state index contributed by atoms with van der Waals surface area (Å²) < 4.78 is 11.2. The Kier molecular flexibility index (Phi) is 7.27. The van der Waals surface area contributed by atoms with Crippen LogP contribution in [0.1, 0.15) is 37.0 Å². The van der Waals surface area contributed by atoms with Crippen molar-refractivity contribution in [3.8, 4) is 5.75 Å². The van der Waals surface area contributed by atoms with Crippen molar-refractivity contribution in [2.75, 3.05) is 27.4 Å². The minimum Gasteiger partial charge on any atom is -0.496 e. The van der Waals surface area contributed by atoms with Crippen molar-refractivity contribution < 1.29 is 19.1 Å². The SMILES string of the molecule is CO/N=C(\C)C1=C(C)N(CC2CCCO2)C(=CC(=O)c2cc(Cl)ccc2OC)S1. The summed E-state index contributed by atoms with van der Waals surface area (Å²) in [6, 6.07) is 5.03. The molecule has 1 atom stereocenters. The fourth-order valence-electron chi connectivity index (χ4n) is 3.42. The summed E-state index contributed by atoms with van der Waals surface area (Å²) in [7, 11) is 3.06. The third kappa shape index (κ3) is 4.97. The van der Waals surface area contributed by atoms with E-state index in [4.69, 9.17) is 25.9 Å². The average Bonchev–Trinajstić information content (AvgIpc) is 3.32. The molecule has 1 unspecified atom stereocenters. The lowest BCUT2D eigenvalue weighted by molar-refractivity contribution is 0.0923. The second kappa shape index (κ2) is 9.69. The van der Waals surface area contributed by atoms with Crippen LogP contribution in [0.15, 0.2) is 45.1 Å². The number of thioether (sulfide) groups is 1. The summed E-state index contributed by atoms with van der Waals surface area (Å²) >= 11 is 7.61. The number of carbonyl (C=O) groups is 1. The Morgan fingerprint density at radius 1 is 1.45 bits per heavy atom. The topological polar surface area (TPSA) is 60.4 Å². The molecule has 0 aliphatic carbocycles. The van der Waals surface area contributed by atoms with E-state index < -0.39 is 0 Å². The number of ether oxygens (including phenoxy) is 2. The van der Waals surface area contributed by atoms with E-state index in [1.807, 2.05) is 13.8 Å². The molecule has 1 aromatic carbocycles. The number of hydrogen-bond donors (Lipinski definition) is 0. The van der Waals surface area contributed by atoms with Gasteiger partial charge in [0.2, 0.25) is 0 Å².